The van der Waals surface area contributed by atoms with Crippen molar-refractivity contribution in [3.8, 4) is 0 Å². The molecule has 2 rings (SSSR count). The molecule has 0 aliphatic heterocycles. The normalized spacial score (nSPS) is 24.6. The number of hydrogen-bond donors (Lipinski definition) is 1. The maximum absolute atomic E-state index is 3.66. The van der Waals surface area contributed by atoms with E-state index in [0.717, 1.165) is 12.6 Å². The van der Waals surface area contributed by atoms with Gasteiger partial charge in [0.05, 0.1) is 0 Å². The Morgan fingerprint density at radius 2 is 2.29 bits per heavy atom. The highest BCUT2D eigenvalue weighted by Crippen LogP contribution is 2.40. The Kier molecular flexibility index (Phi) is 2.67. The summed E-state index contributed by atoms with van der Waals surface area (Å²) in [7, 11) is 0. The van der Waals surface area contributed by atoms with E-state index in [1.165, 1.54) is 24.0 Å². The van der Waals surface area contributed by atoms with Crippen molar-refractivity contribution in [1.82, 2.24) is 5.32 Å². The van der Waals surface area contributed by atoms with Crippen LogP contribution in [0.25, 0.3) is 0 Å². The molecule has 0 spiro atoms. The molecular formula is C12H19NS. The van der Waals surface area contributed by atoms with Crippen LogP contribution in [-0.4, -0.2) is 6.04 Å². The van der Waals surface area contributed by atoms with Crippen LogP contribution < -0.4 is 5.32 Å². The average Bonchev–Trinajstić information content (AvgIpc) is 2.50. The molecule has 1 nitrogen and oxygen atoms in total. The molecular weight excluding hydrogens is 190 g/mol. The predicted octanol–water partition coefficient (Wildman–Crippen LogP) is 3.33. The van der Waals surface area contributed by atoms with E-state index in [1.807, 2.05) is 0 Å². The van der Waals surface area contributed by atoms with Crippen LogP contribution in [0.5, 0.6) is 0 Å². The summed E-state index contributed by atoms with van der Waals surface area (Å²) in [5.41, 5.74) is 3.42. The summed E-state index contributed by atoms with van der Waals surface area (Å²) in [6.07, 6.45) is 2.71. The highest BCUT2D eigenvalue weighted by atomic mass is 32.1. The van der Waals surface area contributed by atoms with Gasteiger partial charge in [-0.1, -0.05) is 13.8 Å². The fourth-order valence-electron chi connectivity index (χ4n) is 2.05. The molecule has 2 heteroatoms. The molecule has 1 heterocycles. The minimum atomic E-state index is 0.518. The minimum Gasteiger partial charge on any atom is -0.309 e. The SMILES string of the molecule is Cc1cscc1CNC1CCC1(C)C. The molecule has 0 saturated heterocycles. The summed E-state index contributed by atoms with van der Waals surface area (Å²) < 4.78 is 0. The van der Waals surface area contributed by atoms with Gasteiger partial charge in [-0.25, -0.2) is 0 Å². The molecule has 1 unspecified atom stereocenters. The van der Waals surface area contributed by atoms with Crippen molar-refractivity contribution >= 4 is 11.3 Å². The van der Waals surface area contributed by atoms with Gasteiger partial charge in [0.15, 0.2) is 0 Å². The zero-order chi connectivity index (χ0) is 10.2. The van der Waals surface area contributed by atoms with E-state index in [9.17, 15) is 0 Å². The molecule has 1 saturated carbocycles. The Morgan fingerprint density at radius 3 is 2.71 bits per heavy atom. The summed E-state index contributed by atoms with van der Waals surface area (Å²) in [5.74, 6) is 0. The van der Waals surface area contributed by atoms with E-state index in [-0.39, 0.29) is 0 Å². The first-order valence-corrected chi connectivity index (χ1v) is 6.29. The van der Waals surface area contributed by atoms with Gasteiger partial charge in [-0.3, -0.25) is 0 Å². The smallest absolute Gasteiger partial charge is 0.0219 e. The Morgan fingerprint density at radius 1 is 1.50 bits per heavy atom. The number of nitrogens with one attached hydrogen (secondary N) is 1. The van der Waals surface area contributed by atoms with Crippen molar-refractivity contribution in [3.63, 3.8) is 0 Å². The first-order chi connectivity index (χ1) is 6.59. The molecule has 78 valence electrons. The Bertz CT molecular complexity index is 314. The third-order valence-electron chi connectivity index (χ3n) is 3.52. The van der Waals surface area contributed by atoms with Gasteiger partial charge in [0, 0.05) is 12.6 Å². The van der Waals surface area contributed by atoms with Gasteiger partial charge < -0.3 is 5.32 Å². The van der Waals surface area contributed by atoms with Crippen LogP contribution in [0, 0.1) is 12.3 Å². The second-order valence-electron chi connectivity index (χ2n) is 5.04. The zero-order valence-corrected chi connectivity index (χ0v) is 10.1. The lowest BCUT2D eigenvalue weighted by atomic mass is 9.67. The summed E-state index contributed by atoms with van der Waals surface area (Å²) in [4.78, 5) is 0. The topological polar surface area (TPSA) is 12.0 Å². The van der Waals surface area contributed by atoms with Gasteiger partial charge in [0.1, 0.15) is 0 Å². The molecule has 1 aliphatic rings. The first-order valence-electron chi connectivity index (χ1n) is 5.35. The van der Waals surface area contributed by atoms with Crippen LogP contribution in [0.15, 0.2) is 10.8 Å². The van der Waals surface area contributed by atoms with E-state index >= 15 is 0 Å². The van der Waals surface area contributed by atoms with Crippen molar-refractivity contribution in [1.29, 1.82) is 0 Å². The largest absolute Gasteiger partial charge is 0.309 e. The summed E-state index contributed by atoms with van der Waals surface area (Å²) >= 11 is 1.80. The Balaban J connectivity index is 1.87. The van der Waals surface area contributed by atoms with E-state index in [4.69, 9.17) is 0 Å². The van der Waals surface area contributed by atoms with Crippen LogP contribution in [0.3, 0.4) is 0 Å². The number of rotatable bonds is 3. The van der Waals surface area contributed by atoms with Crippen molar-refractivity contribution in [2.24, 2.45) is 5.41 Å². The van der Waals surface area contributed by atoms with Crippen LogP contribution in [0.2, 0.25) is 0 Å². The fraction of sp³-hybridized carbons (Fsp3) is 0.667. The lowest BCUT2D eigenvalue weighted by molar-refractivity contribution is 0.108. The van der Waals surface area contributed by atoms with Crippen LogP contribution in [0.4, 0.5) is 0 Å². The molecule has 1 N–H and O–H groups in total. The summed E-state index contributed by atoms with van der Waals surface area (Å²) in [6.45, 7) is 7.95. The Labute approximate surface area is 90.5 Å². The van der Waals surface area contributed by atoms with Gasteiger partial charge in [-0.2, -0.15) is 11.3 Å². The Hall–Kier alpha value is -0.340. The molecule has 1 aliphatic carbocycles. The first kappa shape index (κ1) is 10.2. The van der Waals surface area contributed by atoms with Gasteiger partial charge in [0.2, 0.25) is 0 Å². The monoisotopic (exact) mass is 209 g/mol. The highest BCUT2D eigenvalue weighted by Gasteiger charge is 2.37. The van der Waals surface area contributed by atoms with Gasteiger partial charge in [-0.05, 0) is 47.1 Å². The molecule has 14 heavy (non-hydrogen) atoms. The van der Waals surface area contributed by atoms with Crippen LogP contribution in [-0.2, 0) is 6.54 Å². The van der Waals surface area contributed by atoms with Gasteiger partial charge >= 0.3 is 0 Å². The number of thiophene rings is 1. The van der Waals surface area contributed by atoms with Crippen molar-refractivity contribution in [2.75, 3.05) is 0 Å². The molecule has 0 radical (unpaired) electrons. The lowest BCUT2D eigenvalue weighted by Gasteiger charge is -2.45. The lowest BCUT2D eigenvalue weighted by Crippen LogP contribution is -2.49. The molecule has 1 aromatic rings. The summed E-state index contributed by atoms with van der Waals surface area (Å²) in [5, 5.41) is 8.14. The van der Waals surface area contributed by atoms with E-state index in [2.05, 4.69) is 36.8 Å². The standard InChI is InChI=1S/C12H19NS/c1-9-7-14-8-10(9)6-13-11-4-5-12(11,2)3/h7-8,11,13H,4-6H2,1-3H3. The average molecular weight is 209 g/mol. The van der Waals surface area contributed by atoms with Crippen LogP contribution >= 0.6 is 11.3 Å². The number of aryl methyl sites for hydroxylation is 1. The predicted molar refractivity (Wildman–Crippen MR) is 62.7 cm³/mol. The maximum Gasteiger partial charge on any atom is 0.0219 e. The van der Waals surface area contributed by atoms with Gasteiger partial charge in [0.25, 0.3) is 0 Å². The van der Waals surface area contributed by atoms with Crippen LogP contribution in [0.1, 0.15) is 37.8 Å². The quantitative estimate of drug-likeness (QED) is 0.805. The number of hydrogen-bond acceptors (Lipinski definition) is 2. The molecule has 0 bridgehead atoms. The molecule has 0 aromatic carbocycles. The molecule has 1 aromatic heterocycles. The molecule has 0 amide bonds. The van der Waals surface area contributed by atoms with Crippen molar-refractivity contribution in [3.05, 3.63) is 21.9 Å². The zero-order valence-electron chi connectivity index (χ0n) is 9.26. The third kappa shape index (κ3) is 1.86. The molecule has 1 atom stereocenters. The van der Waals surface area contributed by atoms with E-state index in [0.29, 0.717) is 5.41 Å². The maximum atomic E-state index is 3.66. The second-order valence-corrected chi connectivity index (χ2v) is 5.78. The van der Waals surface area contributed by atoms with E-state index < -0.39 is 0 Å². The van der Waals surface area contributed by atoms with Crippen molar-refractivity contribution < 1.29 is 0 Å². The minimum absolute atomic E-state index is 0.518. The third-order valence-corrected chi connectivity index (χ3v) is 4.43. The second kappa shape index (κ2) is 3.67. The fourth-order valence-corrected chi connectivity index (χ4v) is 2.90. The highest BCUT2D eigenvalue weighted by molar-refractivity contribution is 7.08. The van der Waals surface area contributed by atoms with E-state index in [1.54, 1.807) is 11.3 Å². The van der Waals surface area contributed by atoms with Gasteiger partial charge in [-0.15, -0.1) is 0 Å². The van der Waals surface area contributed by atoms with Crippen molar-refractivity contribution in [2.45, 2.75) is 46.2 Å². The summed E-state index contributed by atoms with van der Waals surface area (Å²) in [6, 6.07) is 0.724. The molecule has 1 fully saturated rings.